The van der Waals surface area contributed by atoms with Crippen molar-refractivity contribution in [2.45, 2.75) is 30.4 Å². The van der Waals surface area contributed by atoms with Crippen LogP contribution in [-0.2, 0) is 25.7 Å². The molecule has 0 spiro atoms. The lowest BCUT2D eigenvalue weighted by molar-refractivity contribution is -0.151. The smallest absolute Gasteiger partial charge is 0.329 e. The average Bonchev–Trinajstić information content (AvgIpc) is 2.76. The first-order valence-electron chi connectivity index (χ1n) is 9.45. The Kier molecular flexibility index (Phi) is 9.15. The van der Waals surface area contributed by atoms with Gasteiger partial charge in [-0.1, -0.05) is 49.1 Å². The van der Waals surface area contributed by atoms with Gasteiger partial charge in [-0.15, -0.1) is 12.6 Å². The zero-order valence-corrected chi connectivity index (χ0v) is 17.7. The quantitative estimate of drug-likeness (QED) is 0.356. The van der Waals surface area contributed by atoms with E-state index in [1.807, 2.05) is 30.3 Å². The zero-order valence-electron chi connectivity index (χ0n) is 16.8. The molecule has 0 unspecified atom stereocenters. The second-order valence-electron chi connectivity index (χ2n) is 6.59. The highest BCUT2D eigenvalue weighted by Crippen LogP contribution is 2.16. The van der Waals surface area contributed by atoms with Crippen LogP contribution in [0.5, 0.6) is 0 Å². The molecule has 0 aliphatic heterocycles. The first kappa shape index (κ1) is 23.2. The third-order valence-electron chi connectivity index (χ3n) is 4.36. The summed E-state index contributed by atoms with van der Waals surface area (Å²) in [5.74, 6) is -1.44. The highest BCUT2D eigenvalue weighted by Gasteiger charge is 2.30. The van der Waals surface area contributed by atoms with E-state index < -0.39 is 18.0 Å². The summed E-state index contributed by atoms with van der Waals surface area (Å²) in [6, 6.07) is 15.0. The Morgan fingerprint density at radius 3 is 2.50 bits per heavy atom. The number of benzene rings is 2. The number of esters is 2. The topological polar surface area (TPSA) is 72.9 Å². The molecule has 6 nitrogen and oxygen atoms in total. The molecule has 0 bridgehead atoms. The van der Waals surface area contributed by atoms with Crippen molar-refractivity contribution in [3.8, 4) is 0 Å². The van der Waals surface area contributed by atoms with Crippen LogP contribution in [0.1, 0.15) is 28.8 Å². The van der Waals surface area contributed by atoms with Gasteiger partial charge in [0, 0.05) is 23.9 Å². The number of thiol groups is 1. The molecule has 2 aromatic rings. The molecule has 0 N–H and O–H groups in total. The Labute approximate surface area is 181 Å². The van der Waals surface area contributed by atoms with E-state index in [1.54, 1.807) is 24.3 Å². The van der Waals surface area contributed by atoms with Crippen LogP contribution in [0.25, 0.3) is 0 Å². The monoisotopic (exact) mass is 427 g/mol. The molecular formula is C23H25NO5S. The lowest BCUT2D eigenvalue weighted by Gasteiger charge is -2.26. The van der Waals surface area contributed by atoms with Crippen LogP contribution < -0.4 is 0 Å². The number of amides is 1. The molecule has 2 aromatic carbocycles. The summed E-state index contributed by atoms with van der Waals surface area (Å²) in [5.41, 5.74) is 1.21. The first-order valence-corrected chi connectivity index (χ1v) is 9.90. The molecule has 0 heterocycles. The van der Waals surface area contributed by atoms with E-state index >= 15 is 0 Å². The van der Waals surface area contributed by atoms with Gasteiger partial charge < -0.3 is 14.4 Å². The highest BCUT2D eigenvalue weighted by atomic mass is 32.1. The normalized spacial score (nSPS) is 11.3. The number of nitrogens with zero attached hydrogens (tertiary/aromatic N) is 1. The lowest BCUT2D eigenvalue weighted by Crippen LogP contribution is -2.43. The van der Waals surface area contributed by atoms with Gasteiger partial charge in [0.2, 0.25) is 0 Å². The highest BCUT2D eigenvalue weighted by molar-refractivity contribution is 7.80. The van der Waals surface area contributed by atoms with Gasteiger partial charge in [0.25, 0.3) is 5.91 Å². The van der Waals surface area contributed by atoms with Crippen LogP contribution >= 0.6 is 12.6 Å². The number of carbonyl (C=O) groups excluding carboxylic acids is 3. The largest absolute Gasteiger partial charge is 0.461 e. The summed E-state index contributed by atoms with van der Waals surface area (Å²) in [6.45, 7) is 3.65. The predicted molar refractivity (Wildman–Crippen MR) is 116 cm³/mol. The van der Waals surface area contributed by atoms with Crippen molar-refractivity contribution in [2.75, 3.05) is 13.7 Å². The van der Waals surface area contributed by atoms with Crippen LogP contribution in [0.4, 0.5) is 0 Å². The first-order chi connectivity index (χ1) is 14.4. The van der Waals surface area contributed by atoms with Crippen LogP contribution in [0.2, 0.25) is 0 Å². The molecule has 7 heteroatoms. The van der Waals surface area contributed by atoms with Crippen molar-refractivity contribution in [3.63, 3.8) is 0 Å². The van der Waals surface area contributed by atoms with Gasteiger partial charge in [0.05, 0.1) is 0 Å². The molecule has 0 saturated heterocycles. The second-order valence-corrected chi connectivity index (χ2v) is 7.10. The van der Waals surface area contributed by atoms with Crippen molar-refractivity contribution in [1.82, 2.24) is 4.90 Å². The van der Waals surface area contributed by atoms with Crippen molar-refractivity contribution in [3.05, 3.63) is 78.4 Å². The third kappa shape index (κ3) is 7.08. The maximum absolute atomic E-state index is 12.9. The van der Waals surface area contributed by atoms with Gasteiger partial charge in [-0.3, -0.25) is 9.59 Å². The summed E-state index contributed by atoms with van der Waals surface area (Å²) < 4.78 is 10.4. The summed E-state index contributed by atoms with van der Waals surface area (Å²) in [4.78, 5) is 39.5. The number of carbonyl (C=O) groups is 3. The van der Waals surface area contributed by atoms with E-state index in [9.17, 15) is 14.4 Å². The number of likely N-dealkylation sites (N-methyl/N-ethyl adjacent to an activating group) is 1. The summed E-state index contributed by atoms with van der Waals surface area (Å²) in [7, 11) is 1.51. The van der Waals surface area contributed by atoms with E-state index in [-0.39, 0.29) is 32.0 Å². The van der Waals surface area contributed by atoms with E-state index in [0.717, 1.165) is 5.56 Å². The maximum Gasteiger partial charge on any atom is 0.329 e. The fourth-order valence-corrected chi connectivity index (χ4v) is 2.98. The molecule has 0 fully saturated rings. The van der Waals surface area contributed by atoms with Gasteiger partial charge in [-0.2, -0.15) is 0 Å². The Morgan fingerprint density at radius 2 is 1.83 bits per heavy atom. The third-order valence-corrected chi connectivity index (χ3v) is 4.64. The van der Waals surface area contributed by atoms with Crippen LogP contribution in [0.3, 0.4) is 0 Å². The van der Waals surface area contributed by atoms with Gasteiger partial charge in [-0.05, 0) is 30.2 Å². The van der Waals surface area contributed by atoms with Crippen LogP contribution in [0, 0.1) is 0 Å². The average molecular weight is 428 g/mol. The molecular weight excluding hydrogens is 402 g/mol. The number of ether oxygens (including phenoxy) is 2. The minimum Gasteiger partial charge on any atom is -0.461 e. The standard InChI is InChI=1S/C23H25NO5S/c1-3-14-28-21(25)13-12-20(23(27)29-16-17-8-5-4-6-9-17)24(2)22(26)18-10-7-11-19(30)15-18/h3-11,15,20,30H,1,12-14,16H2,2H3/t20-/m0/s1. The van der Waals surface area contributed by atoms with Gasteiger partial charge in [-0.25, -0.2) is 4.79 Å². The molecule has 30 heavy (non-hydrogen) atoms. The maximum atomic E-state index is 12.9. The summed E-state index contributed by atoms with van der Waals surface area (Å²) in [5, 5.41) is 0. The minimum atomic E-state index is -0.943. The van der Waals surface area contributed by atoms with E-state index in [0.29, 0.717) is 10.5 Å². The summed E-state index contributed by atoms with van der Waals surface area (Å²) >= 11 is 4.25. The van der Waals surface area contributed by atoms with Gasteiger partial charge in [0.1, 0.15) is 19.3 Å². The van der Waals surface area contributed by atoms with E-state index in [2.05, 4.69) is 19.2 Å². The van der Waals surface area contributed by atoms with Crippen LogP contribution in [0.15, 0.2) is 72.1 Å². The number of hydrogen-bond donors (Lipinski definition) is 1. The van der Waals surface area contributed by atoms with Gasteiger partial charge in [0.15, 0.2) is 0 Å². The second kappa shape index (κ2) is 11.8. The van der Waals surface area contributed by atoms with E-state index in [4.69, 9.17) is 9.47 Å². The van der Waals surface area contributed by atoms with Gasteiger partial charge >= 0.3 is 11.9 Å². The Bertz CT molecular complexity index is 884. The van der Waals surface area contributed by atoms with Crippen LogP contribution in [-0.4, -0.2) is 42.4 Å². The molecule has 0 radical (unpaired) electrons. The predicted octanol–water partition coefficient (Wildman–Crippen LogP) is 3.67. The molecule has 0 saturated carbocycles. The number of hydrogen-bond acceptors (Lipinski definition) is 6. The molecule has 0 aromatic heterocycles. The SMILES string of the molecule is C=CCOC(=O)CC[C@@H](C(=O)OCc1ccccc1)N(C)C(=O)c1cccc(S)c1. The van der Waals surface area contributed by atoms with Crippen molar-refractivity contribution >= 4 is 30.5 Å². The van der Waals surface area contributed by atoms with E-state index in [1.165, 1.54) is 18.0 Å². The lowest BCUT2D eigenvalue weighted by atomic mass is 10.1. The molecule has 1 atom stereocenters. The molecule has 1 amide bonds. The Morgan fingerprint density at radius 1 is 1.10 bits per heavy atom. The summed E-state index contributed by atoms with van der Waals surface area (Å²) in [6.07, 6.45) is 1.50. The molecule has 0 aliphatic carbocycles. The molecule has 158 valence electrons. The number of rotatable bonds is 10. The Hall–Kier alpha value is -3.06. The molecule has 2 rings (SSSR count). The zero-order chi connectivity index (χ0) is 21.9. The Balaban J connectivity index is 2.12. The van der Waals surface area contributed by atoms with Crippen molar-refractivity contribution in [2.24, 2.45) is 0 Å². The van der Waals surface area contributed by atoms with Crippen molar-refractivity contribution in [1.29, 1.82) is 0 Å². The van der Waals surface area contributed by atoms with Crippen molar-refractivity contribution < 1.29 is 23.9 Å². The fourth-order valence-electron chi connectivity index (χ4n) is 2.76. The minimum absolute atomic E-state index is 0.0385. The fraction of sp³-hybridized carbons (Fsp3) is 0.261. The molecule has 0 aliphatic rings.